The smallest absolute Gasteiger partial charge is 0.133 e. The standard InChI is InChI=1S/C10H18O2/c1-2-12-8-9-5-3-4-6-10(11)7-9/h9H,2-8H2,1H3. The van der Waals surface area contributed by atoms with Gasteiger partial charge in [-0.1, -0.05) is 6.42 Å². The summed E-state index contributed by atoms with van der Waals surface area (Å²) >= 11 is 0. The summed E-state index contributed by atoms with van der Waals surface area (Å²) in [6.45, 7) is 3.55. The monoisotopic (exact) mass is 170 g/mol. The molecule has 1 rings (SSSR count). The molecule has 0 aliphatic heterocycles. The third-order valence-electron chi connectivity index (χ3n) is 2.39. The SMILES string of the molecule is CCOCC1CCCCC(=O)C1. The Hall–Kier alpha value is -0.370. The summed E-state index contributed by atoms with van der Waals surface area (Å²) < 4.78 is 5.32. The van der Waals surface area contributed by atoms with Crippen LogP contribution >= 0.6 is 0 Å². The highest BCUT2D eigenvalue weighted by Gasteiger charge is 2.17. The van der Waals surface area contributed by atoms with Gasteiger partial charge in [-0.3, -0.25) is 4.79 Å². The lowest BCUT2D eigenvalue weighted by Gasteiger charge is -2.11. The Morgan fingerprint density at radius 1 is 1.50 bits per heavy atom. The molecule has 2 heteroatoms. The summed E-state index contributed by atoms with van der Waals surface area (Å²) in [5.74, 6) is 0.928. The Morgan fingerprint density at radius 3 is 3.08 bits per heavy atom. The average Bonchev–Trinajstić information content (AvgIpc) is 2.26. The molecule has 0 bridgehead atoms. The van der Waals surface area contributed by atoms with Crippen LogP contribution in [0.5, 0.6) is 0 Å². The second-order valence-corrected chi connectivity index (χ2v) is 3.51. The van der Waals surface area contributed by atoms with Crippen molar-refractivity contribution in [1.29, 1.82) is 0 Å². The number of carbonyl (C=O) groups excluding carboxylic acids is 1. The molecule has 1 aliphatic carbocycles. The molecule has 1 atom stereocenters. The van der Waals surface area contributed by atoms with Gasteiger partial charge in [0.15, 0.2) is 0 Å². The van der Waals surface area contributed by atoms with E-state index in [1.54, 1.807) is 0 Å². The van der Waals surface area contributed by atoms with Crippen molar-refractivity contribution < 1.29 is 9.53 Å². The van der Waals surface area contributed by atoms with Crippen LogP contribution in [0.3, 0.4) is 0 Å². The van der Waals surface area contributed by atoms with Crippen LogP contribution in [0.15, 0.2) is 0 Å². The highest BCUT2D eigenvalue weighted by atomic mass is 16.5. The van der Waals surface area contributed by atoms with Crippen LogP contribution in [0, 0.1) is 5.92 Å². The van der Waals surface area contributed by atoms with Crippen molar-refractivity contribution in [2.45, 2.75) is 39.0 Å². The number of hydrogen-bond acceptors (Lipinski definition) is 2. The van der Waals surface area contributed by atoms with E-state index in [-0.39, 0.29) is 0 Å². The van der Waals surface area contributed by atoms with Crippen molar-refractivity contribution in [1.82, 2.24) is 0 Å². The molecule has 70 valence electrons. The number of hydrogen-bond donors (Lipinski definition) is 0. The first-order valence-corrected chi connectivity index (χ1v) is 4.92. The van der Waals surface area contributed by atoms with Gasteiger partial charge in [-0.25, -0.2) is 0 Å². The van der Waals surface area contributed by atoms with E-state index < -0.39 is 0 Å². The van der Waals surface area contributed by atoms with E-state index in [0.717, 1.165) is 32.5 Å². The molecule has 0 heterocycles. The molecule has 0 saturated heterocycles. The predicted octanol–water partition coefficient (Wildman–Crippen LogP) is 2.17. The molecule has 1 unspecified atom stereocenters. The molecule has 2 nitrogen and oxygen atoms in total. The van der Waals surface area contributed by atoms with E-state index in [9.17, 15) is 4.79 Å². The van der Waals surface area contributed by atoms with Crippen LogP contribution in [-0.4, -0.2) is 19.0 Å². The lowest BCUT2D eigenvalue weighted by molar-refractivity contribution is -0.120. The maximum atomic E-state index is 11.2. The largest absolute Gasteiger partial charge is 0.381 e. The topological polar surface area (TPSA) is 26.3 Å². The molecule has 0 spiro atoms. The Labute approximate surface area is 74.3 Å². The quantitative estimate of drug-likeness (QED) is 0.607. The van der Waals surface area contributed by atoms with Crippen LogP contribution in [0.25, 0.3) is 0 Å². The molecule has 0 radical (unpaired) electrons. The van der Waals surface area contributed by atoms with Crippen molar-refractivity contribution in [2.24, 2.45) is 5.92 Å². The van der Waals surface area contributed by atoms with E-state index >= 15 is 0 Å². The summed E-state index contributed by atoms with van der Waals surface area (Å²) in [7, 11) is 0. The average molecular weight is 170 g/mol. The normalized spacial score (nSPS) is 25.4. The molecule has 12 heavy (non-hydrogen) atoms. The van der Waals surface area contributed by atoms with Gasteiger partial charge in [0.2, 0.25) is 0 Å². The van der Waals surface area contributed by atoms with Crippen LogP contribution in [0.4, 0.5) is 0 Å². The lowest BCUT2D eigenvalue weighted by Crippen LogP contribution is -2.12. The molecule has 0 amide bonds. The maximum Gasteiger partial charge on any atom is 0.133 e. The summed E-state index contributed by atoms with van der Waals surface area (Å²) in [5.41, 5.74) is 0. The highest BCUT2D eigenvalue weighted by molar-refractivity contribution is 5.78. The number of ether oxygens (including phenoxy) is 1. The molecule has 1 fully saturated rings. The van der Waals surface area contributed by atoms with E-state index in [4.69, 9.17) is 4.74 Å². The fraction of sp³-hybridized carbons (Fsp3) is 0.900. The maximum absolute atomic E-state index is 11.2. The van der Waals surface area contributed by atoms with Gasteiger partial charge in [-0.15, -0.1) is 0 Å². The zero-order valence-corrected chi connectivity index (χ0v) is 7.84. The summed E-state index contributed by atoms with van der Waals surface area (Å²) in [6, 6.07) is 0. The Morgan fingerprint density at radius 2 is 2.33 bits per heavy atom. The van der Waals surface area contributed by atoms with Gasteiger partial charge in [-0.2, -0.15) is 0 Å². The van der Waals surface area contributed by atoms with Crippen LogP contribution in [0.1, 0.15) is 39.0 Å². The first kappa shape index (κ1) is 9.72. The zero-order valence-electron chi connectivity index (χ0n) is 7.84. The fourth-order valence-electron chi connectivity index (χ4n) is 1.71. The van der Waals surface area contributed by atoms with Crippen LogP contribution in [-0.2, 0) is 9.53 Å². The predicted molar refractivity (Wildman–Crippen MR) is 48.1 cm³/mol. The number of ketones is 1. The third kappa shape index (κ3) is 3.35. The van der Waals surface area contributed by atoms with Crippen LogP contribution < -0.4 is 0 Å². The van der Waals surface area contributed by atoms with Crippen molar-refractivity contribution in [3.05, 3.63) is 0 Å². The molecule has 0 aromatic rings. The Balaban J connectivity index is 2.26. The minimum Gasteiger partial charge on any atom is -0.381 e. The highest BCUT2D eigenvalue weighted by Crippen LogP contribution is 2.20. The number of carbonyl (C=O) groups is 1. The van der Waals surface area contributed by atoms with Gasteiger partial charge >= 0.3 is 0 Å². The van der Waals surface area contributed by atoms with Gasteiger partial charge in [0, 0.05) is 26.1 Å². The fourth-order valence-corrected chi connectivity index (χ4v) is 1.71. The van der Waals surface area contributed by atoms with Gasteiger partial charge < -0.3 is 4.74 Å². The summed E-state index contributed by atoms with van der Waals surface area (Å²) in [6.07, 6.45) is 5.00. The minimum absolute atomic E-state index is 0.428. The third-order valence-corrected chi connectivity index (χ3v) is 2.39. The van der Waals surface area contributed by atoms with E-state index in [1.165, 1.54) is 12.8 Å². The molecular weight excluding hydrogens is 152 g/mol. The first-order valence-electron chi connectivity index (χ1n) is 4.92. The van der Waals surface area contributed by atoms with Gasteiger partial charge in [0.25, 0.3) is 0 Å². The van der Waals surface area contributed by atoms with Gasteiger partial charge in [-0.05, 0) is 25.7 Å². The van der Waals surface area contributed by atoms with Crippen LogP contribution in [0.2, 0.25) is 0 Å². The minimum atomic E-state index is 0.428. The molecule has 1 aliphatic rings. The van der Waals surface area contributed by atoms with Crippen molar-refractivity contribution >= 4 is 5.78 Å². The second kappa shape index (κ2) is 5.31. The van der Waals surface area contributed by atoms with Crippen molar-refractivity contribution in [3.63, 3.8) is 0 Å². The zero-order chi connectivity index (χ0) is 8.81. The van der Waals surface area contributed by atoms with E-state index in [2.05, 4.69) is 0 Å². The molecule has 0 aromatic heterocycles. The van der Waals surface area contributed by atoms with Crippen molar-refractivity contribution in [3.8, 4) is 0 Å². The molecule has 0 N–H and O–H groups in total. The number of rotatable bonds is 3. The van der Waals surface area contributed by atoms with E-state index in [0.29, 0.717) is 11.7 Å². The Kier molecular flexibility index (Phi) is 4.30. The molecule has 1 saturated carbocycles. The first-order chi connectivity index (χ1) is 5.83. The van der Waals surface area contributed by atoms with E-state index in [1.807, 2.05) is 6.92 Å². The van der Waals surface area contributed by atoms with Gasteiger partial charge in [0.05, 0.1) is 0 Å². The molecule has 0 aromatic carbocycles. The second-order valence-electron chi connectivity index (χ2n) is 3.51. The molecular formula is C10H18O2. The number of Topliss-reactive ketones (excluding diaryl/α,β-unsaturated/α-hetero) is 1. The summed E-state index contributed by atoms with van der Waals surface area (Å²) in [5, 5.41) is 0. The lowest BCUT2D eigenvalue weighted by atomic mass is 10.0. The Bertz CT molecular complexity index is 143. The van der Waals surface area contributed by atoms with Crippen molar-refractivity contribution in [2.75, 3.05) is 13.2 Å². The van der Waals surface area contributed by atoms with Gasteiger partial charge in [0.1, 0.15) is 5.78 Å². The summed E-state index contributed by atoms with van der Waals surface area (Å²) in [4.78, 5) is 11.2.